The molecule has 23 heavy (non-hydrogen) atoms. The first-order valence-electron chi connectivity index (χ1n) is 6.89. The van der Waals surface area contributed by atoms with Crippen LogP contribution in [0.15, 0.2) is 47.0 Å². The zero-order valence-corrected chi connectivity index (χ0v) is 12.6. The van der Waals surface area contributed by atoms with Gasteiger partial charge in [0.2, 0.25) is 12.6 Å². The highest BCUT2D eigenvalue weighted by atomic mass is 35.5. The number of para-hydroxylation sites is 1. The Balaban J connectivity index is 1.50. The van der Waals surface area contributed by atoms with Crippen LogP contribution in [0.2, 0.25) is 5.02 Å². The fraction of sp³-hybridized carbons (Fsp3) is 0.125. The van der Waals surface area contributed by atoms with E-state index in [0.29, 0.717) is 34.0 Å². The standard InChI is InChI=1S/C16H11ClN2O4/c17-11-3-1-2-4-12(11)20-8-15-18-16(19-23-15)10-5-6-13-14(7-10)22-9-21-13/h1-7H,8-9H2. The van der Waals surface area contributed by atoms with Crippen molar-refractivity contribution < 1.29 is 18.7 Å². The van der Waals surface area contributed by atoms with Crippen molar-refractivity contribution in [2.75, 3.05) is 6.79 Å². The third-order valence-electron chi connectivity index (χ3n) is 3.29. The molecule has 1 aliphatic heterocycles. The van der Waals surface area contributed by atoms with Crippen LogP contribution in [0.1, 0.15) is 5.89 Å². The van der Waals surface area contributed by atoms with Crippen LogP contribution in [0.25, 0.3) is 11.4 Å². The van der Waals surface area contributed by atoms with Gasteiger partial charge in [0.25, 0.3) is 5.89 Å². The largest absolute Gasteiger partial charge is 0.482 e. The van der Waals surface area contributed by atoms with Crippen LogP contribution in [0.4, 0.5) is 0 Å². The molecule has 0 fully saturated rings. The number of halogens is 1. The van der Waals surface area contributed by atoms with Gasteiger partial charge in [-0.2, -0.15) is 4.98 Å². The Morgan fingerprint density at radius 1 is 1.09 bits per heavy atom. The number of aromatic nitrogens is 2. The molecule has 0 unspecified atom stereocenters. The average molecular weight is 331 g/mol. The molecule has 116 valence electrons. The Hall–Kier alpha value is -2.73. The maximum Gasteiger partial charge on any atom is 0.264 e. The van der Waals surface area contributed by atoms with Gasteiger partial charge in [-0.15, -0.1) is 0 Å². The summed E-state index contributed by atoms with van der Waals surface area (Å²) < 4.78 is 21.4. The van der Waals surface area contributed by atoms with E-state index in [4.69, 9.17) is 30.3 Å². The highest BCUT2D eigenvalue weighted by molar-refractivity contribution is 6.32. The topological polar surface area (TPSA) is 66.6 Å². The Labute approximate surface area is 136 Å². The van der Waals surface area contributed by atoms with Gasteiger partial charge in [0, 0.05) is 5.56 Å². The molecule has 2 heterocycles. The van der Waals surface area contributed by atoms with Crippen molar-refractivity contribution in [1.82, 2.24) is 10.1 Å². The van der Waals surface area contributed by atoms with E-state index in [2.05, 4.69) is 10.1 Å². The minimum atomic E-state index is 0.140. The first kappa shape index (κ1) is 13.9. The maximum absolute atomic E-state index is 6.03. The smallest absolute Gasteiger partial charge is 0.264 e. The van der Waals surface area contributed by atoms with Gasteiger partial charge in [0.05, 0.1) is 5.02 Å². The van der Waals surface area contributed by atoms with E-state index < -0.39 is 0 Å². The molecular formula is C16H11ClN2O4. The molecule has 3 aromatic rings. The number of rotatable bonds is 4. The molecule has 0 bridgehead atoms. The minimum absolute atomic E-state index is 0.140. The van der Waals surface area contributed by atoms with Gasteiger partial charge in [-0.05, 0) is 30.3 Å². The van der Waals surface area contributed by atoms with Crippen LogP contribution < -0.4 is 14.2 Å². The average Bonchev–Trinajstić information content (AvgIpc) is 3.22. The van der Waals surface area contributed by atoms with Gasteiger partial charge in [-0.25, -0.2) is 0 Å². The predicted molar refractivity (Wildman–Crippen MR) is 81.6 cm³/mol. The van der Waals surface area contributed by atoms with Crippen LogP contribution in [0.5, 0.6) is 17.2 Å². The lowest BCUT2D eigenvalue weighted by atomic mass is 10.2. The van der Waals surface area contributed by atoms with Crippen molar-refractivity contribution in [2.45, 2.75) is 6.61 Å². The maximum atomic E-state index is 6.03. The summed E-state index contributed by atoms with van der Waals surface area (Å²) in [6.07, 6.45) is 0. The highest BCUT2D eigenvalue weighted by Crippen LogP contribution is 2.35. The molecule has 0 spiro atoms. The molecular weight excluding hydrogens is 320 g/mol. The van der Waals surface area contributed by atoms with Crippen molar-refractivity contribution in [1.29, 1.82) is 0 Å². The molecule has 0 radical (unpaired) electrons. The summed E-state index contributed by atoms with van der Waals surface area (Å²) in [6, 6.07) is 12.7. The number of ether oxygens (including phenoxy) is 3. The van der Waals surface area contributed by atoms with Crippen LogP contribution in [0, 0.1) is 0 Å². The second-order valence-corrected chi connectivity index (χ2v) is 5.21. The zero-order chi connectivity index (χ0) is 15.6. The van der Waals surface area contributed by atoms with Crippen LogP contribution in [-0.2, 0) is 6.61 Å². The van der Waals surface area contributed by atoms with Gasteiger partial charge < -0.3 is 18.7 Å². The number of fused-ring (bicyclic) bond motifs is 1. The van der Waals surface area contributed by atoms with Gasteiger partial charge in [-0.3, -0.25) is 0 Å². The monoisotopic (exact) mass is 330 g/mol. The summed E-state index contributed by atoms with van der Waals surface area (Å²) in [5.74, 6) is 2.76. The van der Waals surface area contributed by atoms with E-state index in [0.717, 1.165) is 5.56 Å². The quantitative estimate of drug-likeness (QED) is 0.726. The van der Waals surface area contributed by atoms with E-state index in [9.17, 15) is 0 Å². The molecule has 7 heteroatoms. The van der Waals surface area contributed by atoms with Crippen molar-refractivity contribution in [3.63, 3.8) is 0 Å². The first-order chi connectivity index (χ1) is 11.3. The second-order valence-electron chi connectivity index (χ2n) is 4.80. The third kappa shape index (κ3) is 2.80. The van der Waals surface area contributed by atoms with Gasteiger partial charge in [-0.1, -0.05) is 28.9 Å². The van der Waals surface area contributed by atoms with Gasteiger partial charge >= 0.3 is 0 Å². The molecule has 0 saturated heterocycles. The van der Waals surface area contributed by atoms with Crippen LogP contribution in [-0.4, -0.2) is 16.9 Å². The molecule has 0 aliphatic carbocycles. The molecule has 6 nitrogen and oxygen atoms in total. The van der Waals surface area contributed by atoms with Crippen molar-refractivity contribution in [2.24, 2.45) is 0 Å². The normalized spacial score (nSPS) is 12.4. The highest BCUT2D eigenvalue weighted by Gasteiger charge is 2.16. The van der Waals surface area contributed by atoms with Gasteiger partial charge in [0.15, 0.2) is 18.1 Å². The summed E-state index contributed by atoms with van der Waals surface area (Å²) in [7, 11) is 0. The van der Waals surface area contributed by atoms with Gasteiger partial charge in [0.1, 0.15) is 5.75 Å². The van der Waals surface area contributed by atoms with E-state index in [1.807, 2.05) is 30.3 Å². The molecule has 0 saturated carbocycles. The summed E-state index contributed by atoms with van der Waals surface area (Å²) >= 11 is 6.03. The number of benzene rings is 2. The fourth-order valence-electron chi connectivity index (χ4n) is 2.17. The Bertz CT molecular complexity index is 850. The van der Waals surface area contributed by atoms with Crippen molar-refractivity contribution in [3.05, 3.63) is 53.4 Å². The molecule has 1 aromatic heterocycles. The Morgan fingerprint density at radius 2 is 1.96 bits per heavy atom. The van der Waals surface area contributed by atoms with Crippen LogP contribution >= 0.6 is 11.6 Å². The van der Waals surface area contributed by atoms with E-state index in [1.54, 1.807) is 12.1 Å². The van der Waals surface area contributed by atoms with E-state index >= 15 is 0 Å². The Morgan fingerprint density at radius 3 is 2.87 bits per heavy atom. The van der Waals surface area contributed by atoms with E-state index in [-0.39, 0.29) is 13.4 Å². The molecule has 1 aliphatic rings. The van der Waals surface area contributed by atoms with Crippen molar-refractivity contribution in [3.8, 4) is 28.6 Å². The fourth-order valence-corrected chi connectivity index (χ4v) is 2.36. The molecule has 0 atom stereocenters. The molecule has 0 amide bonds. The minimum Gasteiger partial charge on any atom is -0.482 e. The second kappa shape index (κ2) is 5.81. The van der Waals surface area contributed by atoms with Crippen molar-refractivity contribution >= 4 is 11.6 Å². The first-order valence-corrected chi connectivity index (χ1v) is 7.27. The summed E-state index contributed by atoms with van der Waals surface area (Å²) in [5.41, 5.74) is 0.780. The summed E-state index contributed by atoms with van der Waals surface area (Å²) in [5, 5.41) is 4.48. The lowest BCUT2D eigenvalue weighted by molar-refractivity contribution is 0.174. The number of hydrogen-bond acceptors (Lipinski definition) is 6. The predicted octanol–water partition coefficient (Wildman–Crippen LogP) is 3.70. The molecule has 2 aromatic carbocycles. The SMILES string of the molecule is Clc1ccccc1OCc1nc(-c2ccc3c(c2)OCO3)no1. The number of nitrogens with zero attached hydrogens (tertiary/aromatic N) is 2. The third-order valence-corrected chi connectivity index (χ3v) is 3.60. The lowest BCUT2D eigenvalue weighted by Gasteiger charge is -2.04. The van der Waals surface area contributed by atoms with E-state index in [1.165, 1.54) is 0 Å². The Kier molecular flexibility index (Phi) is 3.51. The zero-order valence-electron chi connectivity index (χ0n) is 11.9. The molecule has 4 rings (SSSR count). The molecule has 0 N–H and O–H groups in total. The van der Waals surface area contributed by atoms with Crippen LogP contribution in [0.3, 0.4) is 0 Å². The number of hydrogen-bond donors (Lipinski definition) is 0. The summed E-state index contributed by atoms with van der Waals surface area (Å²) in [6.45, 7) is 0.364. The lowest BCUT2D eigenvalue weighted by Crippen LogP contribution is -1.96. The summed E-state index contributed by atoms with van der Waals surface area (Å²) in [4.78, 5) is 4.31.